The van der Waals surface area contributed by atoms with E-state index in [2.05, 4.69) is 15.2 Å². The molecule has 0 saturated carbocycles. The Morgan fingerprint density at radius 3 is 2.40 bits per heavy atom. The van der Waals surface area contributed by atoms with Crippen LogP contribution >= 0.6 is 11.3 Å². The number of benzene rings is 1. The molecule has 1 aliphatic heterocycles. The van der Waals surface area contributed by atoms with E-state index in [1.165, 1.54) is 18.3 Å². The largest absolute Gasteiger partial charge is 0.479 e. The van der Waals surface area contributed by atoms with Gasteiger partial charge in [0, 0.05) is 18.4 Å². The summed E-state index contributed by atoms with van der Waals surface area (Å²) in [5, 5.41) is 18.4. The first kappa shape index (κ1) is 21.9. The van der Waals surface area contributed by atoms with Crippen molar-refractivity contribution in [3.05, 3.63) is 35.4 Å². The Morgan fingerprint density at radius 2 is 1.83 bits per heavy atom. The highest BCUT2D eigenvalue weighted by Crippen LogP contribution is 2.37. The standard InChI is InChI=1S/C21H25N3O5S/c1-11(2)9-21(10-12(3)4)28-18(26)17(19(27)29-21)23-24-20-22-15-7-6-14(13(5)25)8-16(15)30-20/h6-8,11-12,26H,9-10H2,1-5H3. The highest BCUT2D eigenvalue weighted by molar-refractivity contribution is 7.21. The zero-order chi connectivity index (χ0) is 22.1. The number of hydrogen-bond donors (Lipinski definition) is 1. The van der Waals surface area contributed by atoms with Crippen molar-refractivity contribution in [2.45, 2.75) is 53.2 Å². The minimum Gasteiger partial charge on any atom is -0.479 e. The Bertz CT molecular complexity index is 1030. The first-order chi connectivity index (χ1) is 14.1. The average Bonchev–Trinajstić information content (AvgIpc) is 3.01. The molecule has 0 fully saturated rings. The molecule has 8 nitrogen and oxygen atoms in total. The number of cyclic esters (lactones) is 1. The van der Waals surface area contributed by atoms with Crippen molar-refractivity contribution in [1.82, 2.24) is 4.98 Å². The maximum atomic E-state index is 12.6. The molecule has 0 amide bonds. The van der Waals surface area contributed by atoms with Gasteiger partial charge in [-0.25, -0.2) is 9.78 Å². The van der Waals surface area contributed by atoms with Gasteiger partial charge in [-0.3, -0.25) is 4.79 Å². The fourth-order valence-corrected chi connectivity index (χ4v) is 4.22. The lowest BCUT2D eigenvalue weighted by Gasteiger charge is -2.38. The van der Waals surface area contributed by atoms with E-state index < -0.39 is 23.4 Å². The van der Waals surface area contributed by atoms with Crippen LogP contribution < -0.4 is 0 Å². The minimum absolute atomic E-state index is 0.0445. The fraction of sp³-hybridized carbons (Fsp3) is 0.476. The number of ether oxygens (including phenoxy) is 2. The normalized spacial score (nSPS) is 16.6. The Hall–Kier alpha value is -2.81. The van der Waals surface area contributed by atoms with Gasteiger partial charge in [-0.2, -0.15) is 0 Å². The number of azo groups is 1. The highest BCUT2D eigenvalue weighted by atomic mass is 32.1. The summed E-state index contributed by atoms with van der Waals surface area (Å²) in [4.78, 5) is 28.4. The molecule has 1 N–H and O–H groups in total. The van der Waals surface area contributed by atoms with Gasteiger partial charge in [0.15, 0.2) is 5.78 Å². The molecule has 1 aromatic heterocycles. The lowest BCUT2D eigenvalue weighted by Crippen LogP contribution is -2.44. The van der Waals surface area contributed by atoms with E-state index in [1.54, 1.807) is 18.2 Å². The van der Waals surface area contributed by atoms with Crippen LogP contribution in [0.25, 0.3) is 10.2 Å². The number of carbonyl (C=O) groups is 2. The molecule has 0 aliphatic carbocycles. The summed E-state index contributed by atoms with van der Waals surface area (Å²) in [7, 11) is 0. The summed E-state index contributed by atoms with van der Waals surface area (Å²) in [6.45, 7) is 9.44. The van der Waals surface area contributed by atoms with E-state index in [0.717, 1.165) is 4.70 Å². The van der Waals surface area contributed by atoms with Gasteiger partial charge in [0.1, 0.15) is 0 Å². The summed E-state index contributed by atoms with van der Waals surface area (Å²) in [6.07, 6.45) is 0.892. The molecule has 2 heterocycles. The molecule has 0 atom stereocenters. The van der Waals surface area contributed by atoms with Crippen LogP contribution in [0.3, 0.4) is 0 Å². The SMILES string of the molecule is CC(=O)c1ccc2nc(N=NC3=C(O)OC(CC(C)C)(CC(C)C)OC3=O)sc2c1. The number of thiazole rings is 1. The molecular formula is C21H25N3O5S. The van der Waals surface area contributed by atoms with Gasteiger partial charge in [-0.15, -0.1) is 10.2 Å². The van der Waals surface area contributed by atoms with Gasteiger partial charge in [0.05, 0.1) is 10.2 Å². The Balaban J connectivity index is 1.87. The summed E-state index contributed by atoms with van der Waals surface area (Å²) < 4.78 is 12.0. The molecule has 0 spiro atoms. The molecule has 3 rings (SSSR count). The predicted octanol–water partition coefficient (Wildman–Crippen LogP) is 5.67. The fourth-order valence-electron chi connectivity index (χ4n) is 3.39. The molecule has 30 heavy (non-hydrogen) atoms. The van der Waals surface area contributed by atoms with Gasteiger partial charge in [0.2, 0.25) is 5.13 Å². The number of Topliss-reactive ketones (excluding diaryl/α,β-unsaturated/α-hetero) is 1. The third kappa shape index (κ3) is 4.84. The molecule has 0 unspecified atom stereocenters. The number of rotatable bonds is 7. The first-order valence-corrected chi connectivity index (χ1v) is 10.6. The maximum absolute atomic E-state index is 12.6. The lowest BCUT2D eigenvalue weighted by molar-refractivity contribution is -0.251. The number of aliphatic hydroxyl groups excluding tert-OH is 1. The van der Waals surface area contributed by atoms with Crippen molar-refractivity contribution in [2.24, 2.45) is 22.1 Å². The Kier molecular flexibility index (Phi) is 6.21. The smallest absolute Gasteiger partial charge is 0.369 e. The minimum atomic E-state index is -1.22. The van der Waals surface area contributed by atoms with Crippen molar-refractivity contribution in [3.8, 4) is 0 Å². The number of aromatic nitrogens is 1. The second-order valence-corrected chi connectivity index (χ2v) is 9.20. The van der Waals surface area contributed by atoms with Crippen LogP contribution in [0.5, 0.6) is 0 Å². The van der Waals surface area contributed by atoms with E-state index >= 15 is 0 Å². The third-order valence-electron chi connectivity index (χ3n) is 4.42. The van der Waals surface area contributed by atoms with Crippen LogP contribution in [-0.2, 0) is 14.3 Å². The lowest BCUT2D eigenvalue weighted by atomic mass is 9.93. The van der Waals surface area contributed by atoms with Gasteiger partial charge >= 0.3 is 11.9 Å². The zero-order valence-electron chi connectivity index (χ0n) is 17.6. The first-order valence-electron chi connectivity index (χ1n) is 9.77. The van der Waals surface area contributed by atoms with Crippen molar-refractivity contribution in [3.63, 3.8) is 0 Å². The summed E-state index contributed by atoms with van der Waals surface area (Å²) in [5.74, 6) is -2.27. The Morgan fingerprint density at radius 1 is 1.17 bits per heavy atom. The molecule has 0 saturated heterocycles. The van der Waals surface area contributed by atoms with Crippen molar-refractivity contribution in [1.29, 1.82) is 0 Å². The number of hydrogen-bond acceptors (Lipinski definition) is 9. The summed E-state index contributed by atoms with van der Waals surface area (Å²) in [5.41, 5.74) is 0.834. The van der Waals surface area contributed by atoms with Gasteiger partial charge in [0.25, 0.3) is 11.5 Å². The molecule has 0 bridgehead atoms. The summed E-state index contributed by atoms with van der Waals surface area (Å²) >= 11 is 1.22. The maximum Gasteiger partial charge on any atom is 0.369 e. The topological polar surface area (TPSA) is 110 Å². The highest BCUT2D eigenvalue weighted by Gasteiger charge is 2.45. The quantitative estimate of drug-likeness (QED) is 0.343. The van der Waals surface area contributed by atoms with Crippen molar-refractivity contribution >= 4 is 38.4 Å². The van der Waals surface area contributed by atoms with E-state index in [0.29, 0.717) is 23.9 Å². The molecule has 0 radical (unpaired) electrons. The zero-order valence-corrected chi connectivity index (χ0v) is 18.4. The average molecular weight is 432 g/mol. The molecule has 1 aromatic carbocycles. The van der Waals surface area contributed by atoms with E-state index in [9.17, 15) is 14.7 Å². The second kappa shape index (κ2) is 8.51. The number of ketones is 1. The van der Waals surface area contributed by atoms with Gasteiger partial charge in [-0.1, -0.05) is 39.0 Å². The molecule has 9 heteroatoms. The van der Waals surface area contributed by atoms with E-state index in [-0.39, 0.29) is 22.8 Å². The van der Waals surface area contributed by atoms with Crippen LogP contribution in [0, 0.1) is 11.8 Å². The number of carbonyl (C=O) groups excluding carboxylic acids is 2. The van der Waals surface area contributed by atoms with Crippen LogP contribution in [0.4, 0.5) is 5.13 Å². The van der Waals surface area contributed by atoms with Crippen LogP contribution in [-0.4, -0.2) is 27.6 Å². The summed E-state index contributed by atoms with van der Waals surface area (Å²) in [6, 6.07) is 5.15. The van der Waals surface area contributed by atoms with Gasteiger partial charge in [-0.05, 0) is 37.0 Å². The number of nitrogens with zero attached hydrogens (tertiary/aromatic N) is 3. The molecule has 160 valence electrons. The van der Waals surface area contributed by atoms with Gasteiger partial charge < -0.3 is 14.6 Å². The number of fused-ring (bicyclic) bond motifs is 1. The Labute approximate surface area is 178 Å². The number of esters is 1. The van der Waals surface area contributed by atoms with Crippen LogP contribution in [0.15, 0.2) is 40.1 Å². The third-order valence-corrected chi connectivity index (χ3v) is 5.32. The van der Waals surface area contributed by atoms with Crippen molar-refractivity contribution in [2.75, 3.05) is 0 Å². The molecule has 1 aliphatic rings. The van der Waals surface area contributed by atoms with E-state index in [4.69, 9.17) is 9.47 Å². The van der Waals surface area contributed by atoms with Crippen LogP contribution in [0.1, 0.15) is 57.8 Å². The van der Waals surface area contributed by atoms with Crippen LogP contribution in [0.2, 0.25) is 0 Å². The van der Waals surface area contributed by atoms with E-state index in [1.807, 2.05) is 27.7 Å². The number of aliphatic hydroxyl groups is 1. The molecule has 2 aromatic rings. The second-order valence-electron chi connectivity index (χ2n) is 8.19. The monoisotopic (exact) mass is 431 g/mol. The van der Waals surface area contributed by atoms with Crippen molar-refractivity contribution < 1.29 is 24.2 Å². The predicted molar refractivity (Wildman–Crippen MR) is 113 cm³/mol. The molecular weight excluding hydrogens is 406 g/mol.